The van der Waals surface area contributed by atoms with Gasteiger partial charge in [-0.2, -0.15) is 0 Å². The van der Waals surface area contributed by atoms with Gasteiger partial charge in [-0.3, -0.25) is 4.79 Å². The maximum Gasteiger partial charge on any atom is 0.249 e. The minimum absolute atomic E-state index is 0.0541. The van der Waals surface area contributed by atoms with E-state index in [4.69, 9.17) is 9.47 Å². The van der Waals surface area contributed by atoms with Crippen LogP contribution in [0.3, 0.4) is 0 Å². The van der Waals surface area contributed by atoms with Crippen LogP contribution in [-0.2, 0) is 16.1 Å². The lowest BCUT2D eigenvalue weighted by Crippen LogP contribution is -2.42. The number of rotatable bonds is 6. The van der Waals surface area contributed by atoms with Gasteiger partial charge in [0.2, 0.25) is 5.91 Å². The average Bonchev–Trinajstić information content (AvgIpc) is 2.97. The molecule has 5 heteroatoms. The lowest BCUT2D eigenvalue weighted by molar-refractivity contribution is -0.133. The van der Waals surface area contributed by atoms with Crippen molar-refractivity contribution in [2.45, 2.75) is 32.1 Å². The molecule has 0 aromatic heterocycles. The Morgan fingerprint density at radius 1 is 1.55 bits per heavy atom. The normalized spacial score (nSPS) is 19.6. The fourth-order valence-corrected chi connectivity index (χ4v) is 2.16. The maximum atomic E-state index is 12.0. The van der Waals surface area contributed by atoms with Crippen LogP contribution in [0, 0.1) is 0 Å². The molecule has 0 spiro atoms. The van der Waals surface area contributed by atoms with Crippen molar-refractivity contribution < 1.29 is 14.3 Å². The van der Waals surface area contributed by atoms with Crippen LogP contribution in [-0.4, -0.2) is 38.3 Å². The first-order chi connectivity index (χ1) is 9.69. The van der Waals surface area contributed by atoms with Crippen LogP contribution in [0.4, 0.5) is 0 Å². The summed E-state index contributed by atoms with van der Waals surface area (Å²) in [4.78, 5) is 12.0. The fraction of sp³-hybridized carbons (Fsp3) is 0.533. The molecule has 2 rings (SSSR count). The number of benzene rings is 1. The highest BCUT2D eigenvalue weighted by Gasteiger charge is 2.20. The molecule has 1 aromatic rings. The van der Waals surface area contributed by atoms with Gasteiger partial charge < -0.3 is 20.1 Å². The molecule has 1 saturated heterocycles. The first-order valence-corrected chi connectivity index (χ1v) is 6.94. The third-order valence-corrected chi connectivity index (χ3v) is 3.41. The highest BCUT2D eigenvalue weighted by atomic mass is 16.5. The van der Waals surface area contributed by atoms with E-state index >= 15 is 0 Å². The molecule has 1 fully saturated rings. The second-order valence-corrected chi connectivity index (χ2v) is 5.00. The van der Waals surface area contributed by atoms with Crippen LogP contribution in [0.25, 0.3) is 0 Å². The van der Waals surface area contributed by atoms with E-state index in [-0.39, 0.29) is 11.9 Å². The van der Waals surface area contributed by atoms with Crippen LogP contribution < -0.4 is 15.4 Å². The number of amides is 1. The molecule has 1 aliphatic heterocycles. The van der Waals surface area contributed by atoms with E-state index in [2.05, 4.69) is 10.6 Å². The molecule has 20 heavy (non-hydrogen) atoms. The van der Waals surface area contributed by atoms with Crippen LogP contribution in [0.2, 0.25) is 0 Å². The number of methoxy groups -OCH3 is 1. The fourth-order valence-electron chi connectivity index (χ4n) is 2.16. The van der Waals surface area contributed by atoms with E-state index < -0.39 is 6.10 Å². The summed E-state index contributed by atoms with van der Waals surface area (Å²) >= 11 is 0. The Morgan fingerprint density at radius 3 is 3.10 bits per heavy atom. The second kappa shape index (κ2) is 7.26. The Kier molecular flexibility index (Phi) is 5.38. The zero-order chi connectivity index (χ0) is 14.4. The predicted molar refractivity (Wildman–Crippen MR) is 76.7 cm³/mol. The quantitative estimate of drug-likeness (QED) is 0.817. The molecule has 1 amide bonds. The summed E-state index contributed by atoms with van der Waals surface area (Å²) in [5, 5.41) is 6.20. The molecular weight excluding hydrogens is 256 g/mol. The van der Waals surface area contributed by atoms with Gasteiger partial charge in [0.15, 0.2) is 0 Å². The zero-order valence-corrected chi connectivity index (χ0v) is 12.0. The topological polar surface area (TPSA) is 59.6 Å². The van der Waals surface area contributed by atoms with Gasteiger partial charge in [0.25, 0.3) is 0 Å². The van der Waals surface area contributed by atoms with Crippen molar-refractivity contribution in [1.82, 2.24) is 10.6 Å². The van der Waals surface area contributed by atoms with Gasteiger partial charge in [-0.1, -0.05) is 12.1 Å². The number of hydrogen-bond acceptors (Lipinski definition) is 4. The van der Waals surface area contributed by atoms with Crippen molar-refractivity contribution in [2.75, 3.05) is 20.2 Å². The molecule has 2 atom stereocenters. The predicted octanol–water partition coefficient (Wildman–Crippen LogP) is 1.08. The van der Waals surface area contributed by atoms with E-state index in [9.17, 15) is 4.79 Å². The number of nitrogens with one attached hydrogen (secondary N) is 2. The number of carbonyl (C=O) groups excluding carboxylic acids is 1. The number of ether oxygens (including phenoxy) is 2. The number of carbonyl (C=O) groups is 1. The van der Waals surface area contributed by atoms with Gasteiger partial charge in [-0.05, 0) is 37.6 Å². The van der Waals surface area contributed by atoms with Gasteiger partial charge in [0, 0.05) is 12.6 Å². The maximum absolute atomic E-state index is 12.0. The number of hydrogen-bond donors (Lipinski definition) is 2. The summed E-state index contributed by atoms with van der Waals surface area (Å²) < 4.78 is 10.8. The molecule has 0 radical (unpaired) electrons. The molecule has 1 aromatic carbocycles. The minimum Gasteiger partial charge on any atom is -0.497 e. The minimum atomic E-state index is -0.457. The van der Waals surface area contributed by atoms with E-state index in [1.54, 1.807) is 14.0 Å². The molecule has 0 saturated carbocycles. The molecule has 0 bridgehead atoms. The highest BCUT2D eigenvalue weighted by molar-refractivity contribution is 5.80. The third kappa shape index (κ3) is 4.21. The van der Waals surface area contributed by atoms with E-state index in [0.717, 1.165) is 30.8 Å². The van der Waals surface area contributed by atoms with Gasteiger partial charge in [-0.25, -0.2) is 0 Å². The second-order valence-electron chi connectivity index (χ2n) is 5.00. The summed E-state index contributed by atoms with van der Waals surface area (Å²) in [6.45, 7) is 3.98. The molecule has 5 nitrogen and oxygen atoms in total. The standard InChI is InChI=1S/C15H22N2O3/c1-11(15(18)17-13-6-7-16-9-13)20-10-12-4-3-5-14(8-12)19-2/h3-5,8,11,13,16H,6-7,9-10H2,1-2H3,(H,17,18). The van der Waals surface area contributed by atoms with Gasteiger partial charge >= 0.3 is 0 Å². The van der Waals surface area contributed by atoms with Crippen LogP contribution in [0.1, 0.15) is 18.9 Å². The van der Waals surface area contributed by atoms with Gasteiger partial charge in [0.05, 0.1) is 13.7 Å². The lowest BCUT2D eigenvalue weighted by atomic mass is 10.2. The Morgan fingerprint density at radius 2 is 2.40 bits per heavy atom. The van der Waals surface area contributed by atoms with Crippen LogP contribution >= 0.6 is 0 Å². The van der Waals surface area contributed by atoms with Crippen molar-refractivity contribution in [1.29, 1.82) is 0 Å². The molecule has 2 N–H and O–H groups in total. The Bertz CT molecular complexity index is 444. The lowest BCUT2D eigenvalue weighted by Gasteiger charge is -2.17. The summed E-state index contributed by atoms with van der Waals surface area (Å²) in [5.41, 5.74) is 0.992. The summed E-state index contributed by atoms with van der Waals surface area (Å²) in [6.07, 6.45) is 0.524. The van der Waals surface area contributed by atoms with Gasteiger partial charge in [0.1, 0.15) is 11.9 Å². The average molecular weight is 278 g/mol. The molecule has 2 unspecified atom stereocenters. The Balaban J connectivity index is 1.78. The first-order valence-electron chi connectivity index (χ1n) is 6.94. The van der Waals surface area contributed by atoms with Crippen molar-refractivity contribution in [2.24, 2.45) is 0 Å². The van der Waals surface area contributed by atoms with Crippen LogP contribution in [0.15, 0.2) is 24.3 Å². The third-order valence-electron chi connectivity index (χ3n) is 3.41. The largest absolute Gasteiger partial charge is 0.497 e. The van der Waals surface area contributed by atoms with Gasteiger partial charge in [-0.15, -0.1) is 0 Å². The molecule has 1 aliphatic rings. The SMILES string of the molecule is COc1cccc(COC(C)C(=O)NC2CCNC2)c1. The van der Waals surface area contributed by atoms with Crippen molar-refractivity contribution in [3.63, 3.8) is 0 Å². The molecular formula is C15H22N2O3. The van der Waals surface area contributed by atoms with Crippen molar-refractivity contribution in [3.05, 3.63) is 29.8 Å². The first kappa shape index (κ1) is 14.8. The molecule has 110 valence electrons. The van der Waals surface area contributed by atoms with E-state index in [1.807, 2.05) is 24.3 Å². The Labute approximate surface area is 119 Å². The summed E-state index contributed by atoms with van der Waals surface area (Å²) in [6, 6.07) is 7.88. The molecule has 0 aliphatic carbocycles. The van der Waals surface area contributed by atoms with Crippen LogP contribution in [0.5, 0.6) is 5.75 Å². The zero-order valence-electron chi connectivity index (χ0n) is 12.0. The van der Waals surface area contributed by atoms with Crippen molar-refractivity contribution >= 4 is 5.91 Å². The van der Waals surface area contributed by atoms with E-state index in [0.29, 0.717) is 6.61 Å². The van der Waals surface area contributed by atoms with Crippen molar-refractivity contribution in [3.8, 4) is 5.75 Å². The molecule has 1 heterocycles. The summed E-state index contributed by atoms with van der Waals surface area (Å²) in [5.74, 6) is 0.738. The highest BCUT2D eigenvalue weighted by Crippen LogP contribution is 2.14. The Hall–Kier alpha value is -1.59. The van der Waals surface area contributed by atoms with E-state index in [1.165, 1.54) is 0 Å². The summed E-state index contributed by atoms with van der Waals surface area (Å²) in [7, 11) is 1.63. The smallest absolute Gasteiger partial charge is 0.249 e. The monoisotopic (exact) mass is 278 g/mol.